The minimum absolute atomic E-state index is 0.0391. The maximum atomic E-state index is 12.2. The van der Waals surface area contributed by atoms with E-state index in [1.165, 1.54) is 24.2 Å². The Hall–Kier alpha value is -1.34. The van der Waals surface area contributed by atoms with Crippen LogP contribution in [0.15, 0.2) is 0 Å². The van der Waals surface area contributed by atoms with E-state index in [0.29, 0.717) is 0 Å². The van der Waals surface area contributed by atoms with Crippen molar-refractivity contribution in [3.8, 4) is 0 Å². The van der Waals surface area contributed by atoms with Crippen molar-refractivity contribution in [2.45, 2.75) is 50.8 Å². The molecule has 0 saturated carbocycles. The number of hydrogen-bond acceptors (Lipinski definition) is 4. The lowest BCUT2D eigenvalue weighted by Gasteiger charge is -2.30. The fourth-order valence-electron chi connectivity index (χ4n) is 3.14. The lowest BCUT2D eigenvalue weighted by Crippen LogP contribution is -2.51. The van der Waals surface area contributed by atoms with Gasteiger partial charge < -0.3 is 25.3 Å². The molecule has 7 nitrogen and oxygen atoms in total. The van der Waals surface area contributed by atoms with Gasteiger partial charge >= 0.3 is 12.0 Å². The van der Waals surface area contributed by atoms with Crippen LogP contribution in [0.25, 0.3) is 0 Å². The molecule has 2 heterocycles. The summed E-state index contributed by atoms with van der Waals surface area (Å²) in [6.45, 7) is 4.90. The Balaban J connectivity index is 1.83. The molecule has 0 aliphatic carbocycles. The van der Waals surface area contributed by atoms with Crippen molar-refractivity contribution in [3.05, 3.63) is 0 Å². The number of urea groups is 1. The minimum atomic E-state index is -1.06. The molecule has 2 saturated heterocycles. The standard InChI is InChI=1S/C14H25N3O4/c1-10(8-16-5-3-2-4-6-16)15-14(21)17-9-11(18)7-12(17)13(19)20/h10-12,18H,2-9H2,1H3,(H,15,21)(H,19,20)/t10?,11-,12-/m1/s1. The van der Waals surface area contributed by atoms with Gasteiger partial charge in [0.1, 0.15) is 6.04 Å². The first-order valence-electron chi connectivity index (χ1n) is 7.67. The molecule has 0 spiro atoms. The van der Waals surface area contributed by atoms with Gasteiger partial charge in [0.05, 0.1) is 6.10 Å². The number of carbonyl (C=O) groups is 2. The van der Waals surface area contributed by atoms with Gasteiger partial charge in [0, 0.05) is 25.6 Å². The number of aliphatic carboxylic acids is 1. The van der Waals surface area contributed by atoms with Crippen molar-refractivity contribution in [2.75, 3.05) is 26.2 Å². The van der Waals surface area contributed by atoms with Gasteiger partial charge in [-0.3, -0.25) is 0 Å². The molecule has 0 aromatic rings. The quantitative estimate of drug-likeness (QED) is 0.684. The van der Waals surface area contributed by atoms with Gasteiger partial charge in [-0.05, 0) is 32.9 Å². The van der Waals surface area contributed by atoms with Crippen molar-refractivity contribution < 1.29 is 19.8 Å². The zero-order valence-electron chi connectivity index (χ0n) is 12.5. The predicted molar refractivity (Wildman–Crippen MR) is 77.0 cm³/mol. The fourth-order valence-corrected chi connectivity index (χ4v) is 3.14. The molecule has 0 radical (unpaired) electrons. The number of aliphatic hydroxyl groups is 1. The highest BCUT2D eigenvalue weighted by molar-refractivity contribution is 5.83. The van der Waals surface area contributed by atoms with Crippen LogP contribution in [0.2, 0.25) is 0 Å². The van der Waals surface area contributed by atoms with E-state index < -0.39 is 24.1 Å². The second-order valence-electron chi connectivity index (χ2n) is 6.11. The average Bonchev–Trinajstić information content (AvgIpc) is 2.82. The third-order valence-electron chi connectivity index (χ3n) is 4.18. The molecule has 0 bridgehead atoms. The van der Waals surface area contributed by atoms with Crippen molar-refractivity contribution in [1.82, 2.24) is 15.1 Å². The molecule has 3 N–H and O–H groups in total. The van der Waals surface area contributed by atoms with Gasteiger partial charge in [-0.1, -0.05) is 6.42 Å². The molecule has 2 rings (SSSR count). The SMILES string of the molecule is CC(CN1CCCCC1)NC(=O)N1C[C@H](O)C[C@@H]1C(=O)O. The third-order valence-corrected chi connectivity index (χ3v) is 4.18. The van der Waals surface area contributed by atoms with Gasteiger partial charge in [0.25, 0.3) is 0 Å². The second-order valence-corrected chi connectivity index (χ2v) is 6.11. The van der Waals surface area contributed by atoms with Crippen LogP contribution in [-0.2, 0) is 4.79 Å². The van der Waals surface area contributed by atoms with E-state index in [0.717, 1.165) is 19.6 Å². The normalized spacial score (nSPS) is 28.4. The van der Waals surface area contributed by atoms with Crippen LogP contribution in [0.4, 0.5) is 4.79 Å². The first kappa shape index (κ1) is 16.0. The molecule has 7 heteroatoms. The van der Waals surface area contributed by atoms with Gasteiger partial charge in [-0.2, -0.15) is 0 Å². The smallest absolute Gasteiger partial charge is 0.326 e. The maximum absolute atomic E-state index is 12.2. The second kappa shape index (κ2) is 7.09. The molecule has 2 aliphatic rings. The monoisotopic (exact) mass is 299 g/mol. The number of β-amino-alcohol motifs (C(OH)–C–C–N with tert-alkyl or cyclic N) is 1. The van der Waals surface area contributed by atoms with Gasteiger partial charge in [0.15, 0.2) is 0 Å². The Kier molecular flexibility index (Phi) is 5.41. The molecule has 0 aromatic carbocycles. The predicted octanol–water partition coefficient (Wildman–Crippen LogP) is 0.0902. The van der Waals surface area contributed by atoms with E-state index in [2.05, 4.69) is 10.2 Å². The zero-order valence-corrected chi connectivity index (χ0v) is 12.5. The largest absolute Gasteiger partial charge is 0.480 e. The van der Waals surface area contributed by atoms with Crippen molar-refractivity contribution in [1.29, 1.82) is 0 Å². The Morgan fingerprint density at radius 2 is 1.95 bits per heavy atom. The summed E-state index contributed by atoms with van der Waals surface area (Å²) in [6.07, 6.45) is 3.00. The van der Waals surface area contributed by atoms with E-state index in [1.807, 2.05) is 6.92 Å². The van der Waals surface area contributed by atoms with Crippen LogP contribution in [0.3, 0.4) is 0 Å². The number of carboxylic acid groups (broad SMARTS) is 1. The highest BCUT2D eigenvalue weighted by Gasteiger charge is 2.39. The highest BCUT2D eigenvalue weighted by atomic mass is 16.4. The molecule has 2 fully saturated rings. The number of carboxylic acids is 1. The molecule has 2 aliphatic heterocycles. The summed E-state index contributed by atoms with van der Waals surface area (Å²) < 4.78 is 0. The summed E-state index contributed by atoms with van der Waals surface area (Å²) in [7, 11) is 0. The van der Waals surface area contributed by atoms with Crippen LogP contribution in [0.1, 0.15) is 32.6 Å². The van der Waals surface area contributed by atoms with Gasteiger partial charge in [0.2, 0.25) is 0 Å². The Bertz CT molecular complexity index is 384. The van der Waals surface area contributed by atoms with Gasteiger partial charge in [-0.25, -0.2) is 9.59 Å². The number of carbonyl (C=O) groups excluding carboxylic acids is 1. The average molecular weight is 299 g/mol. The van der Waals surface area contributed by atoms with Crippen LogP contribution < -0.4 is 5.32 Å². The van der Waals surface area contributed by atoms with E-state index in [4.69, 9.17) is 5.11 Å². The molecular formula is C14H25N3O4. The Morgan fingerprint density at radius 1 is 1.29 bits per heavy atom. The molecule has 2 amide bonds. The Morgan fingerprint density at radius 3 is 2.57 bits per heavy atom. The first-order chi connectivity index (χ1) is 9.97. The van der Waals surface area contributed by atoms with E-state index in [-0.39, 0.29) is 19.0 Å². The third kappa shape index (κ3) is 4.31. The minimum Gasteiger partial charge on any atom is -0.480 e. The number of rotatable bonds is 4. The number of piperidine rings is 1. The summed E-state index contributed by atoms with van der Waals surface area (Å²) in [4.78, 5) is 26.8. The van der Waals surface area contributed by atoms with Crippen molar-refractivity contribution in [3.63, 3.8) is 0 Å². The van der Waals surface area contributed by atoms with E-state index in [1.54, 1.807) is 0 Å². The lowest BCUT2D eigenvalue weighted by molar-refractivity contribution is -0.141. The van der Waals surface area contributed by atoms with E-state index in [9.17, 15) is 14.7 Å². The topological polar surface area (TPSA) is 93.1 Å². The molecule has 1 unspecified atom stereocenters. The highest BCUT2D eigenvalue weighted by Crippen LogP contribution is 2.18. The summed E-state index contributed by atoms with van der Waals surface area (Å²) in [6, 6.07) is -1.37. The summed E-state index contributed by atoms with van der Waals surface area (Å²) >= 11 is 0. The van der Waals surface area contributed by atoms with E-state index >= 15 is 0 Å². The van der Waals surface area contributed by atoms with Crippen LogP contribution in [0, 0.1) is 0 Å². The molecule has 0 aromatic heterocycles. The van der Waals surface area contributed by atoms with Gasteiger partial charge in [-0.15, -0.1) is 0 Å². The number of amides is 2. The first-order valence-corrected chi connectivity index (χ1v) is 7.67. The number of nitrogens with one attached hydrogen (secondary N) is 1. The summed E-state index contributed by atoms with van der Waals surface area (Å²) in [5.74, 6) is -1.06. The Labute approximate surface area is 124 Å². The molecular weight excluding hydrogens is 274 g/mol. The van der Waals surface area contributed by atoms with Crippen LogP contribution in [-0.4, -0.2) is 76.4 Å². The number of likely N-dealkylation sites (tertiary alicyclic amines) is 2. The zero-order chi connectivity index (χ0) is 15.4. The molecule has 3 atom stereocenters. The molecule has 120 valence electrons. The van der Waals surface area contributed by atoms with Crippen molar-refractivity contribution in [2.24, 2.45) is 0 Å². The van der Waals surface area contributed by atoms with Crippen LogP contribution >= 0.6 is 0 Å². The number of nitrogens with zero attached hydrogens (tertiary/aromatic N) is 2. The number of hydrogen-bond donors (Lipinski definition) is 3. The maximum Gasteiger partial charge on any atom is 0.326 e. The van der Waals surface area contributed by atoms with Crippen LogP contribution in [0.5, 0.6) is 0 Å². The number of aliphatic hydroxyl groups excluding tert-OH is 1. The lowest BCUT2D eigenvalue weighted by atomic mass is 10.1. The summed E-state index contributed by atoms with van der Waals surface area (Å²) in [5, 5.41) is 21.5. The molecule has 21 heavy (non-hydrogen) atoms. The summed E-state index contributed by atoms with van der Waals surface area (Å²) in [5.41, 5.74) is 0. The fraction of sp³-hybridized carbons (Fsp3) is 0.857. The van der Waals surface area contributed by atoms with Crippen molar-refractivity contribution >= 4 is 12.0 Å².